The number of hydrogen-bond donors (Lipinski definition) is 1. The lowest BCUT2D eigenvalue weighted by atomic mass is 9.94. The summed E-state index contributed by atoms with van der Waals surface area (Å²) in [4.78, 5) is 0. The molecule has 2 heteroatoms. The third-order valence-electron chi connectivity index (χ3n) is 2.80. The van der Waals surface area contributed by atoms with Crippen LogP contribution in [0.1, 0.15) is 31.2 Å². The summed E-state index contributed by atoms with van der Waals surface area (Å²) in [6.07, 6.45) is 8.48. The van der Waals surface area contributed by atoms with Crippen molar-refractivity contribution in [2.45, 2.75) is 32.1 Å². The van der Waals surface area contributed by atoms with E-state index in [-0.39, 0.29) is 0 Å². The molecule has 0 fully saturated rings. The van der Waals surface area contributed by atoms with Gasteiger partial charge in [-0.15, -0.1) is 0 Å². The van der Waals surface area contributed by atoms with E-state index in [0.717, 1.165) is 17.1 Å². The zero-order chi connectivity index (χ0) is 10.7. The second-order valence-electron chi connectivity index (χ2n) is 4.18. The molecule has 0 amide bonds. The Balaban J connectivity index is 2.12. The molecule has 15 heavy (non-hydrogen) atoms. The molecule has 1 aliphatic carbocycles. The van der Waals surface area contributed by atoms with Crippen molar-refractivity contribution in [3.8, 4) is 0 Å². The van der Waals surface area contributed by atoms with Gasteiger partial charge in [0.2, 0.25) is 0 Å². The normalized spacial score (nSPS) is 16.2. The molecule has 0 saturated heterocycles. The molecule has 0 bridgehead atoms. The Bertz CT molecular complexity index is 362. The van der Waals surface area contributed by atoms with Gasteiger partial charge in [0.05, 0.1) is 0 Å². The van der Waals surface area contributed by atoms with E-state index in [2.05, 4.69) is 6.08 Å². The predicted molar refractivity (Wildman–Crippen MR) is 66.1 cm³/mol. The van der Waals surface area contributed by atoms with Crippen molar-refractivity contribution >= 4 is 17.3 Å². The molecule has 0 atom stereocenters. The quantitative estimate of drug-likeness (QED) is 0.594. The first-order valence-electron chi connectivity index (χ1n) is 5.47. The highest BCUT2D eigenvalue weighted by Crippen LogP contribution is 2.24. The van der Waals surface area contributed by atoms with Crippen molar-refractivity contribution < 1.29 is 0 Å². The van der Waals surface area contributed by atoms with Gasteiger partial charge in [-0.05, 0) is 55.9 Å². The van der Waals surface area contributed by atoms with E-state index >= 15 is 0 Å². The average molecular weight is 222 g/mol. The first-order valence-corrected chi connectivity index (χ1v) is 5.85. The van der Waals surface area contributed by atoms with E-state index in [0.29, 0.717) is 0 Å². The monoisotopic (exact) mass is 221 g/mol. The van der Waals surface area contributed by atoms with Gasteiger partial charge in [-0.25, -0.2) is 0 Å². The van der Waals surface area contributed by atoms with Crippen LogP contribution >= 0.6 is 11.6 Å². The molecule has 0 radical (unpaired) electrons. The predicted octanol–water partition coefficient (Wildman–Crippen LogP) is 3.97. The summed E-state index contributed by atoms with van der Waals surface area (Å²) in [5.41, 5.74) is 9.28. The maximum absolute atomic E-state index is 5.97. The number of halogens is 1. The van der Waals surface area contributed by atoms with Crippen LogP contribution in [0.4, 0.5) is 5.69 Å². The molecular formula is C13H16ClN. The fraction of sp³-hybridized carbons (Fsp3) is 0.385. The number of hydrogen-bond acceptors (Lipinski definition) is 1. The van der Waals surface area contributed by atoms with Crippen LogP contribution in [-0.4, -0.2) is 0 Å². The number of nitrogen functional groups attached to an aromatic ring is 1. The Morgan fingerprint density at radius 2 is 2.07 bits per heavy atom. The summed E-state index contributed by atoms with van der Waals surface area (Å²) in [5, 5.41) is 0.737. The van der Waals surface area contributed by atoms with Gasteiger partial charge in [0.25, 0.3) is 0 Å². The molecule has 1 aromatic rings. The molecule has 0 spiro atoms. The molecule has 0 heterocycles. The third kappa shape index (κ3) is 3.00. The van der Waals surface area contributed by atoms with E-state index in [4.69, 9.17) is 17.3 Å². The maximum Gasteiger partial charge on any atom is 0.0429 e. The second kappa shape index (κ2) is 4.71. The molecule has 2 rings (SSSR count). The van der Waals surface area contributed by atoms with Crippen molar-refractivity contribution in [2.75, 3.05) is 5.73 Å². The SMILES string of the molecule is Nc1cc(Cl)cc(CC2=CCCCC2)c1. The van der Waals surface area contributed by atoms with Gasteiger partial charge in [0, 0.05) is 10.7 Å². The molecule has 0 saturated carbocycles. The smallest absolute Gasteiger partial charge is 0.0429 e. The van der Waals surface area contributed by atoms with E-state index in [1.807, 2.05) is 12.1 Å². The summed E-state index contributed by atoms with van der Waals surface area (Å²) >= 11 is 5.97. The Morgan fingerprint density at radius 3 is 2.73 bits per heavy atom. The molecule has 0 aliphatic heterocycles. The first-order chi connectivity index (χ1) is 7.24. The van der Waals surface area contributed by atoms with Gasteiger partial charge < -0.3 is 5.73 Å². The number of anilines is 1. The average Bonchev–Trinajstić information content (AvgIpc) is 2.17. The van der Waals surface area contributed by atoms with Crippen LogP contribution in [0, 0.1) is 0 Å². The topological polar surface area (TPSA) is 26.0 Å². The van der Waals surface area contributed by atoms with Crippen molar-refractivity contribution in [2.24, 2.45) is 0 Å². The number of nitrogens with two attached hydrogens (primary N) is 1. The van der Waals surface area contributed by atoms with Crippen LogP contribution in [0.25, 0.3) is 0 Å². The van der Waals surface area contributed by atoms with Crippen molar-refractivity contribution in [3.05, 3.63) is 40.4 Å². The van der Waals surface area contributed by atoms with E-state index < -0.39 is 0 Å². The Kier molecular flexibility index (Phi) is 3.32. The lowest BCUT2D eigenvalue weighted by molar-refractivity contribution is 0.688. The molecule has 1 aliphatic rings. The molecule has 0 unspecified atom stereocenters. The second-order valence-corrected chi connectivity index (χ2v) is 4.61. The number of benzene rings is 1. The minimum atomic E-state index is 0.737. The zero-order valence-corrected chi connectivity index (χ0v) is 9.56. The molecule has 0 aromatic heterocycles. The lowest BCUT2D eigenvalue weighted by Gasteiger charge is -2.13. The van der Waals surface area contributed by atoms with Gasteiger partial charge >= 0.3 is 0 Å². The maximum atomic E-state index is 5.97. The highest BCUT2D eigenvalue weighted by Gasteiger charge is 2.05. The minimum Gasteiger partial charge on any atom is -0.399 e. The summed E-state index contributed by atoms with van der Waals surface area (Å²) in [6.45, 7) is 0. The molecular weight excluding hydrogens is 206 g/mol. The minimum absolute atomic E-state index is 0.737. The Hall–Kier alpha value is -0.950. The van der Waals surface area contributed by atoms with Crippen molar-refractivity contribution in [1.82, 2.24) is 0 Å². The molecule has 1 aromatic carbocycles. The van der Waals surface area contributed by atoms with Crippen LogP contribution in [0.2, 0.25) is 5.02 Å². The van der Waals surface area contributed by atoms with Crippen molar-refractivity contribution in [1.29, 1.82) is 0 Å². The lowest BCUT2D eigenvalue weighted by Crippen LogP contribution is -1.97. The van der Waals surface area contributed by atoms with E-state index in [1.165, 1.54) is 36.8 Å². The fourth-order valence-corrected chi connectivity index (χ4v) is 2.37. The van der Waals surface area contributed by atoms with E-state index in [9.17, 15) is 0 Å². The van der Waals surface area contributed by atoms with Crippen LogP contribution in [0.15, 0.2) is 29.8 Å². The largest absolute Gasteiger partial charge is 0.399 e. The summed E-state index contributed by atoms with van der Waals surface area (Å²) in [6, 6.07) is 5.81. The third-order valence-corrected chi connectivity index (χ3v) is 3.01. The fourth-order valence-electron chi connectivity index (χ4n) is 2.10. The van der Waals surface area contributed by atoms with Gasteiger partial charge in [-0.1, -0.05) is 23.3 Å². The summed E-state index contributed by atoms with van der Waals surface area (Å²) in [5.74, 6) is 0. The van der Waals surface area contributed by atoms with Gasteiger partial charge in [-0.3, -0.25) is 0 Å². The standard InChI is InChI=1S/C13H16ClN/c14-12-7-11(8-13(15)9-12)6-10-4-2-1-3-5-10/h4,7-9H,1-3,5-6,15H2. The van der Waals surface area contributed by atoms with E-state index in [1.54, 1.807) is 6.07 Å². The molecule has 2 N–H and O–H groups in total. The van der Waals surface area contributed by atoms with Crippen LogP contribution in [0.5, 0.6) is 0 Å². The number of rotatable bonds is 2. The van der Waals surface area contributed by atoms with Gasteiger partial charge in [0.1, 0.15) is 0 Å². The highest BCUT2D eigenvalue weighted by atomic mass is 35.5. The summed E-state index contributed by atoms with van der Waals surface area (Å²) < 4.78 is 0. The van der Waals surface area contributed by atoms with Crippen LogP contribution < -0.4 is 5.73 Å². The van der Waals surface area contributed by atoms with Crippen LogP contribution in [0.3, 0.4) is 0 Å². The Morgan fingerprint density at radius 1 is 1.20 bits per heavy atom. The summed E-state index contributed by atoms with van der Waals surface area (Å²) in [7, 11) is 0. The molecule has 80 valence electrons. The zero-order valence-electron chi connectivity index (χ0n) is 8.80. The first kappa shape index (κ1) is 10.6. The molecule has 1 nitrogen and oxygen atoms in total. The van der Waals surface area contributed by atoms with Crippen LogP contribution in [-0.2, 0) is 6.42 Å². The van der Waals surface area contributed by atoms with Crippen molar-refractivity contribution in [3.63, 3.8) is 0 Å². The van der Waals surface area contributed by atoms with Gasteiger partial charge in [0.15, 0.2) is 0 Å². The van der Waals surface area contributed by atoms with Gasteiger partial charge in [-0.2, -0.15) is 0 Å². The highest BCUT2D eigenvalue weighted by molar-refractivity contribution is 6.30. The Labute approximate surface area is 95.9 Å². The number of allylic oxidation sites excluding steroid dienone is 2.